The van der Waals surface area contributed by atoms with Gasteiger partial charge in [0.25, 0.3) is 0 Å². The standard InChI is InChI=1S/C15H9NO/c1-2-5-11-10(4-1)7-8-12-14-13(17-15(11)12)6-3-9-16-14/h1-9H. The number of rotatable bonds is 0. The maximum Gasteiger partial charge on any atom is 0.153 e. The molecule has 0 fully saturated rings. The zero-order valence-electron chi connectivity index (χ0n) is 9.05. The molecule has 0 unspecified atom stereocenters. The van der Waals surface area contributed by atoms with Crippen molar-refractivity contribution in [3.63, 3.8) is 0 Å². The first-order valence-corrected chi connectivity index (χ1v) is 5.58. The summed E-state index contributed by atoms with van der Waals surface area (Å²) in [6.45, 7) is 0. The Hall–Kier alpha value is -2.35. The van der Waals surface area contributed by atoms with Gasteiger partial charge in [-0.25, -0.2) is 0 Å². The van der Waals surface area contributed by atoms with E-state index in [0.29, 0.717) is 0 Å². The van der Waals surface area contributed by atoms with E-state index in [0.717, 1.165) is 27.5 Å². The van der Waals surface area contributed by atoms with Gasteiger partial charge in [0.15, 0.2) is 5.58 Å². The van der Waals surface area contributed by atoms with E-state index in [-0.39, 0.29) is 0 Å². The molecule has 2 heterocycles. The van der Waals surface area contributed by atoms with Gasteiger partial charge < -0.3 is 4.42 Å². The Morgan fingerprint density at radius 2 is 1.76 bits per heavy atom. The summed E-state index contributed by atoms with van der Waals surface area (Å²) in [5, 5.41) is 3.42. The van der Waals surface area contributed by atoms with Crippen molar-refractivity contribution >= 4 is 32.8 Å². The summed E-state index contributed by atoms with van der Waals surface area (Å²) in [5.74, 6) is 0. The predicted octanol–water partition coefficient (Wildman–Crippen LogP) is 4.13. The van der Waals surface area contributed by atoms with Gasteiger partial charge in [0, 0.05) is 17.0 Å². The molecule has 0 aliphatic heterocycles. The number of hydrogen-bond acceptors (Lipinski definition) is 2. The average molecular weight is 219 g/mol. The topological polar surface area (TPSA) is 26.0 Å². The van der Waals surface area contributed by atoms with Crippen LogP contribution in [0.2, 0.25) is 0 Å². The van der Waals surface area contributed by atoms with Crippen LogP contribution in [0.1, 0.15) is 0 Å². The van der Waals surface area contributed by atoms with Gasteiger partial charge in [-0.1, -0.05) is 30.3 Å². The van der Waals surface area contributed by atoms with Crippen LogP contribution in [0.4, 0.5) is 0 Å². The van der Waals surface area contributed by atoms with E-state index < -0.39 is 0 Å². The third-order valence-corrected chi connectivity index (χ3v) is 3.12. The molecule has 0 atom stereocenters. The Bertz CT molecular complexity index is 845. The highest BCUT2D eigenvalue weighted by molar-refractivity contribution is 6.13. The van der Waals surface area contributed by atoms with Gasteiger partial charge in [-0.05, 0) is 23.6 Å². The highest BCUT2D eigenvalue weighted by Crippen LogP contribution is 2.32. The summed E-state index contributed by atoms with van der Waals surface area (Å²) in [6, 6.07) is 16.3. The van der Waals surface area contributed by atoms with Crippen LogP contribution in [-0.2, 0) is 0 Å². The van der Waals surface area contributed by atoms with Crippen LogP contribution in [0.3, 0.4) is 0 Å². The number of fused-ring (bicyclic) bond motifs is 5. The maximum atomic E-state index is 5.90. The predicted molar refractivity (Wildman–Crippen MR) is 69.0 cm³/mol. The van der Waals surface area contributed by atoms with Crippen LogP contribution >= 0.6 is 0 Å². The van der Waals surface area contributed by atoms with Gasteiger partial charge in [0.1, 0.15) is 11.1 Å². The van der Waals surface area contributed by atoms with Crippen molar-refractivity contribution in [3.05, 3.63) is 54.7 Å². The lowest BCUT2D eigenvalue weighted by molar-refractivity contribution is 0.672. The molecule has 0 aliphatic carbocycles. The Kier molecular flexibility index (Phi) is 1.59. The average Bonchev–Trinajstić information content (AvgIpc) is 2.78. The van der Waals surface area contributed by atoms with Gasteiger partial charge in [-0.2, -0.15) is 0 Å². The van der Waals surface area contributed by atoms with Gasteiger partial charge in [-0.15, -0.1) is 0 Å². The molecule has 0 radical (unpaired) electrons. The zero-order valence-corrected chi connectivity index (χ0v) is 9.05. The van der Waals surface area contributed by atoms with Gasteiger partial charge >= 0.3 is 0 Å². The normalized spacial score (nSPS) is 11.5. The van der Waals surface area contributed by atoms with Crippen LogP contribution < -0.4 is 0 Å². The van der Waals surface area contributed by atoms with Crippen molar-refractivity contribution in [1.29, 1.82) is 0 Å². The SMILES string of the molecule is c1ccc2c(c1)ccc1c3ncccc3oc21. The Morgan fingerprint density at radius 3 is 2.76 bits per heavy atom. The second kappa shape index (κ2) is 3.08. The lowest BCUT2D eigenvalue weighted by Crippen LogP contribution is -1.73. The molecule has 2 aromatic heterocycles. The molecule has 2 heteroatoms. The minimum absolute atomic E-state index is 0.846. The fourth-order valence-corrected chi connectivity index (χ4v) is 2.32. The van der Waals surface area contributed by atoms with Crippen molar-refractivity contribution in [2.75, 3.05) is 0 Å². The summed E-state index contributed by atoms with van der Waals surface area (Å²) < 4.78 is 5.90. The number of aromatic nitrogens is 1. The van der Waals surface area contributed by atoms with Crippen molar-refractivity contribution in [2.24, 2.45) is 0 Å². The summed E-state index contributed by atoms with van der Waals surface area (Å²) in [5.41, 5.74) is 2.71. The third kappa shape index (κ3) is 1.12. The van der Waals surface area contributed by atoms with E-state index in [1.807, 2.05) is 24.3 Å². The highest BCUT2D eigenvalue weighted by atomic mass is 16.3. The fourth-order valence-electron chi connectivity index (χ4n) is 2.32. The molecular formula is C15H9NO. The molecule has 4 aromatic rings. The molecule has 2 aromatic carbocycles. The van der Waals surface area contributed by atoms with Gasteiger partial charge in [0.05, 0.1) is 0 Å². The second-order valence-corrected chi connectivity index (χ2v) is 4.12. The lowest BCUT2D eigenvalue weighted by atomic mass is 10.1. The van der Waals surface area contributed by atoms with E-state index in [9.17, 15) is 0 Å². The molecule has 2 nitrogen and oxygen atoms in total. The first-order valence-electron chi connectivity index (χ1n) is 5.58. The van der Waals surface area contributed by atoms with Crippen molar-refractivity contribution < 1.29 is 4.42 Å². The van der Waals surface area contributed by atoms with E-state index >= 15 is 0 Å². The fraction of sp³-hybridized carbons (Fsp3) is 0. The first kappa shape index (κ1) is 8.76. The van der Waals surface area contributed by atoms with Crippen LogP contribution in [0.25, 0.3) is 32.8 Å². The Balaban J connectivity index is 2.34. The molecule has 80 valence electrons. The van der Waals surface area contributed by atoms with Gasteiger partial charge in [-0.3, -0.25) is 4.98 Å². The van der Waals surface area contributed by atoms with Crippen molar-refractivity contribution in [1.82, 2.24) is 4.98 Å². The third-order valence-electron chi connectivity index (χ3n) is 3.12. The zero-order chi connectivity index (χ0) is 11.2. The molecule has 0 spiro atoms. The summed E-state index contributed by atoms with van der Waals surface area (Å²) in [7, 11) is 0. The Labute approximate surface area is 97.5 Å². The molecule has 0 saturated carbocycles. The molecule has 0 bridgehead atoms. The minimum atomic E-state index is 0.846. The Morgan fingerprint density at radius 1 is 0.824 bits per heavy atom. The largest absolute Gasteiger partial charge is 0.454 e. The number of hydrogen-bond donors (Lipinski definition) is 0. The van der Waals surface area contributed by atoms with E-state index in [1.54, 1.807) is 6.20 Å². The molecular weight excluding hydrogens is 210 g/mol. The second-order valence-electron chi connectivity index (χ2n) is 4.12. The smallest absolute Gasteiger partial charge is 0.153 e. The molecule has 4 rings (SSSR count). The molecule has 0 amide bonds. The number of furan rings is 1. The van der Waals surface area contributed by atoms with E-state index in [2.05, 4.69) is 29.2 Å². The van der Waals surface area contributed by atoms with E-state index in [1.165, 1.54) is 5.39 Å². The molecule has 0 N–H and O–H groups in total. The molecule has 0 saturated heterocycles. The van der Waals surface area contributed by atoms with Crippen LogP contribution in [0.5, 0.6) is 0 Å². The van der Waals surface area contributed by atoms with Crippen molar-refractivity contribution in [2.45, 2.75) is 0 Å². The molecule has 17 heavy (non-hydrogen) atoms. The summed E-state index contributed by atoms with van der Waals surface area (Å²) >= 11 is 0. The maximum absolute atomic E-state index is 5.90. The monoisotopic (exact) mass is 219 g/mol. The summed E-state index contributed by atoms with van der Waals surface area (Å²) in [4.78, 5) is 4.38. The molecule has 0 aliphatic rings. The first-order chi connectivity index (χ1) is 8.43. The number of pyridine rings is 1. The van der Waals surface area contributed by atoms with Gasteiger partial charge in [0.2, 0.25) is 0 Å². The van der Waals surface area contributed by atoms with Crippen molar-refractivity contribution in [3.8, 4) is 0 Å². The van der Waals surface area contributed by atoms with Crippen LogP contribution in [-0.4, -0.2) is 4.98 Å². The number of nitrogens with zero attached hydrogens (tertiary/aromatic N) is 1. The number of benzene rings is 2. The minimum Gasteiger partial charge on any atom is -0.454 e. The lowest BCUT2D eigenvalue weighted by Gasteiger charge is -1.96. The highest BCUT2D eigenvalue weighted by Gasteiger charge is 2.09. The van der Waals surface area contributed by atoms with Crippen LogP contribution in [0, 0.1) is 0 Å². The summed E-state index contributed by atoms with van der Waals surface area (Å²) in [6.07, 6.45) is 1.80. The van der Waals surface area contributed by atoms with Crippen LogP contribution in [0.15, 0.2) is 59.1 Å². The van der Waals surface area contributed by atoms with E-state index in [4.69, 9.17) is 4.42 Å². The quantitative estimate of drug-likeness (QED) is 0.444.